The monoisotopic (exact) mass is 971 g/mol. The number of ether oxygens (including phenoxy) is 2. The highest BCUT2D eigenvalue weighted by Crippen LogP contribution is 2.42. The molecule has 0 aromatic carbocycles. The first-order valence-electron chi connectivity index (χ1n) is 24.3. The van der Waals surface area contributed by atoms with Gasteiger partial charge in [-0.05, 0) is 91.0 Å². The molecule has 1 unspecified atom stereocenters. The maximum Gasteiger partial charge on any atom is 0.229 e. The van der Waals surface area contributed by atoms with Gasteiger partial charge in [0.2, 0.25) is 23.5 Å². The van der Waals surface area contributed by atoms with E-state index >= 15 is 0 Å². The Hall–Kier alpha value is -5.88. The molecule has 1 aliphatic carbocycles. The van der Waals surface area contributed by atoms with E-state index in [1.54, 1.807) is 21.8 Å². The van der Waals surface area contributed by atoms with Crippen LogP contribution in [0.4, 0.5) is 23.5 Å². The number of aromatic nitrogens is 16. The van der Waals surface area contributed by atoms with E-state index in [0.717, 1.165) is 64.7 Å². The number of nitrogens with one attached hydrogen (secondary N) is 2. The standard InChI is InChI=1S/C42H62N22O6/c1-7-63-53-35(51-55-63)31-27(65)29(67)39(69-31)61-19-43-25-33(47-41(49-37(25)61)59-15-13-23(17-59)57(3)4)45-21-9-11-22(12-10-21)46-34-26-38(50-42(48-34)60-16-14-24(18-60)58(5)6)62(20-44-26)40-30(68)28(66)32(70-40)36-52-56-64(8-2)54-36/h19-24,27-32,39-40,65-68H,7-18H2,1-6H3,(H,45,47,49)(H,46,48,50)/t21?,22?,23-,24?,27+,28+,29-,30-,31+,32+,39-,40-/m1/s1. The minimum absolute atomic E-state index is 0.0376. The molecule has 6 aromatic rings. The number of hydrogen-bond acceptors (Lipinski definition) is 24. The largest absolute Gasteiger partial charge is 0.387 e. The molecule has 5 fully saturated rings. The average molecular weight is 971 g/mol. The van der Waals surface area contributed by atoms with E-state index in [9.17, 15) is 20.4 Å². The molecule has 4 saturated heterocycles. The summed E-state index contributed by atoms with van der Waals surface area (Å²) in [5.74, 6) is 2.58. The van der Waals surface area contributed by atoms with Gasteiger partial charge in [0.15, 0.2) is 58.6 Å². The molecule has 70 heavy (non-hydrogen) atoms. The number of fused-ring (bicyclic) bond motifs is 2. The van der Waals surface area contributed by atoms with E-state index in [1.807, 2.05) is 13.8 Å². The van der Waals surface area contributed by atoms with Crippen molar-refractivity contribution < 1.29 is 29.9 Å². The van der Waals surface area contributed by atoms with Crippen molar-refractivity contribution in [1.82, 2.24) is 89.3 Å². The summed E-state index contributed by atoms with van der Waals surface area (Å²) in [5.41, 5.74) is 1.94. The van der Waals surface area contributed by atoms with Crippen molar-refractivity contribution in [3.05, 3.63) is 24.3 Å². The van der Waals surface area contributed by atoms with E-state index in [2.05, 4.69) is 89.2 Å². The van der Waals surface area contributed by atoms with E-state index in [1.165, 1.54) is 9.59 Å². The van der Waals surface area contributed by atoms with Gasteiger partial charge in [-0.15, -0.1) is 20.4 Å². The number of rotatable bonds is 14. The predicted octanol–water partition coefficient (Wildman–Crippen LogP) is -0.922. The first-order valence-corrected chi connectivity index (χ1v) is 24.3. The van der Waals surface area contributed by atoms with Crippen LogP contribution in [-0.2, 0) is 22.6 Å². The smallest absolute Gasteiger partial charge is 0.229 e. The third kappa shape index (κ3) is 8.41. The molecule has 1 saturated carbocycles. The van der Waals surface area contributed by atoms with Gasteiger partial charge in [-0.2, -0.15) is 29.5 Å². The Labute approximate surface area is 402 Å². The number of tetrazole rings is 2. The van der Waals surface area contributed by atoms with Crippen LogP contribution >= 0.6 is 0 Å². The second kappa shape index (κ2) is 18.7. The maximum absolute atomic E-state index is 11.4. The van der Waals surface area contributed by atoms with Crippen molar-refractivity contribution in [2.45, 2.75) is 139 Å². The fourth-order valence-electron chi connectivity index (χ4n) is 10.3. The van der Waals surface area contributed by atoms with Crippen molar-refractivity contribution in [3.8, 4) is 0 Å². The van der Waals surface area contributed by atoms with E-state index in [-0.39, 0.29) is 23.7 Å². The lowest BCUT2D eigenvalue weighted by molar-refractivity contribution is -0.0384. The summed E-state index contributed by atoms with van der Waals surface area (Å²) in [4.78, 5) is 41.3. The predicted molar refractivity (Wildman–Crippen MR) is 249 cm³/mol. The summed E-state index contributed by atoms with van der Waals surface area (Å²) in [5, 5.41) is 77.3. The minimum atomic E-state index is -1.33. The molecule has 10 heterocycles. The van der Waals surface area contributed by atoms with E-state index in [4.69, 9.17) is 39.4 Å². The zero-order chi connectivity index (χ0) is 48.5. The van der Waals surface area contributed by atoms with Crippen molar-refractivity contribution in [2.75, 3.05) is 74.8 Å². The van der Waals surface area contributed by atoms with E-state index in [0.29, 0.717) is 71.0 Å². The SMILES string of the molecule is CCn1nnc([C@H]2O[C@@H](n3cnc4c(NC5CCC(Nc6nc(N7CC[C@@H](N(C)C)C7)nc7c6ncn7[C@@H]6O[C@H](c7nnn(CC)n7)[C@@H](O)[C@H]6O)CC5)nc(N5CCC(N(C)C)C5)nc43)[C@H](O)[C@@H]2O)n1. The van der Waals surface area contributed by atoms with Gasteiger partial charge in [0.1, 0.15) is 24.4 Å². The molecular formula is C42H62N22O6. The Morgan fingerprint density at radius 1 is 0.586 bits per heavy atom. The molecule has 0 amide bonds. The number of hydrogen-bond donors (Lipinski definition) is 6. The highest BCUT2D eigenvalue weighted by atomic mass is 16.6. The summed E-state index contributed by atoms with van der Waals surface area (Å²) in [6.45, 7) is 7.76. The van der Waals surface area contributed by atoms with Crippen molar-refractivity contribution in [1.29, 1.82) is 0 Å². The van der Waals surface area contributed by atoms with E-state index < -0.39 is 49.1 Å². The fraction of sp³-hybridized carbons (Fsp3) is 0.714. The fourth-order valence-corrected chi connectivity index (χ4v) is 10.3. The molecule has 0 spiro atoms. The molecule has 5 aliphatic rings. The van der Waals surface area contributed by atoms with Crippen LogP contribution in [0.2, 0.25) is 0 Å². The number of likely N-dealkylation sites (N-methyl/N-ethyl adjacent to an activating group) is 2. The molecule has 28 nitrogen and oxygen atoms in total. The van der Waals surface area contributed by atoms with Gasteiger partial charge in [-0.3, -0.25) is 9.13 Å². The highest BCUT2D eigenvalue weighted by Gasteiger charge is 2.49. The number of aryl methyl sites for hydroxylation is 2. The zero-order valence-electron chi connectivity index (χ0n) is 40.1. The first-order chi connectivity index (χ1) is 33.8. The number of aliphatic hydroxyl groups excluding tert-OH is 4. The third-order valence-electron chi connectivity index (χ3n) is 14.6. The van der Waals surface area contributed by atoms with Gasteiger partial charge in [-0.25, -0.2) is 9.97 Å². The molecule has 0 radical (unpaired) electrons. The lowest BCUT2D eigenvalue weighted by atomic mass is 9.91. The molecule has 10 atom stereocenters. The lowest BCUT2D eigenvalue weighted by Gasteiger charge is -2.31. The van der Waals surface area contributed by atoms with Crippen molar-refractivity contribution >= 4 is 45.9 Å². The van der Waals surface area contributed by atoms with Crippen LogP contribution in [0.1, 0.15) is 88.7 Å². The Balaban J connectivity index is 0.843. The molecule has 28 heteroatoms. The highest BCUT2D eigenvalue weighted by molar-refractivity contribution is 5.85. The second-order valence-corrected chi connectivity index (χ2v) is 19.5. The molecular weight excluding hydrogens is 909 g/mol. The molecule has 376 valence electrons. The van der Waals surface area contributed by atoms with Crippen LogP contribution in [-0.4, -0.2) is 213 Å². The van der Waals surface area contributed by atoms with Crippen LogP contribution in [0, 0.1) is 0 Å². The average Bonchev–Trinajstić information content (AvgIpc) is 4.22. The summed E-state index contributed by atoms with van der Waals surface area (Å²) < 4.78 is 15.8. The number of nitrogens with zero attached hydrogens (tertiary/aromatic N) is 20. The molecule has 4 aliphatic heterocycles. The Kier molecular flexibility index (Phi) is 12.4. The summed E-state index contributed by atoms with van der Waals surface area (Å²) in [6, 6.07) is 0.732. The van der Waals surface area contributed by atoms with Crippen LogP contribution in [0.3, 0.4) is 0 Å². The summed E-state index contributed by atoms with van der Waals surface area (Å²) in [7, 11) is 8.30. The number of imidazole rings is 2. The van der Waals surface area contributed by atoms with Gasteiger partial charge >= 0.3 is 0 Å². The summed E-state index contributed by atoms with van der Waals surface area (Å²) >= 11 is 0. The van der Waals surface area contributed by atoms with Gasteiger partial charge in [0.05, 0.1) is 25.7 Å². The van der Waals surface area contributed by atoms with Gasteiger partial charge in [0, 0.05) is 50.3 Å². The van der Waals surface area contributed by atoms with Gasteiger partial charge < -0.3 is 60.1 Å². The molecule has 6 N–H and O–H groups in total. The Bertz CT molecular complexity index is 2600. The quantitative estimate of drug-likeness (QED) is 0.0769. The second-order valence-electron chi connectivity index (χ2n) is 19.5. The molecule has 6 aromatic heterocycles. The summed E-state index contributed by atoms with van der Waals surface area (Å²) in [6.07, 6.45) is -1.17. The number of anilines is 4. The lowest BCUT2D eigenvalue weighted by Crippen LogP contribution is -2.34. The minimum Gasteiger partial charge on any atom is -0.387 e. The van der Waals surface area contributed by atoms with Crippen molar-refractivity contribution in [2.24, 2.45) is 0 Å². The van der Waals surface area contributed by atoms with Gasteiger partial charge in [0.25, 0.3) is 0 Å². The van der Waals surface area contributed by atoms with Crippen molar-refractivity contribution in [3.63, 3.8) is 0 Å². The first kappa shape index (κ1) is 46.5. The molecule has 0 bridgehead atoms. The van der Waals surface area contributed by atoms with Crippen LogP contribution in [0.15, 0.2) is 12.7 Å². The maximum atomic E-state index is 11.4. The third-order valence-corrected chi connectivity index (χ3v) is 14.6. The molecule has 11 rings (SSSR count). The Morgan fingerprint density at radius 2 is 1.00 bits per heavy atom. The zero-order valence-corrected chi connectivity index (χ0v) is 40.1. The normalized spacial score (nSPS) is 30.6. The number of aliphatic hydroxyl groups is 4. The van der Waals surface area contributed by atoms with Gasteiger partial charge in [-0.1, -0.05) is 0 Å². The van der Waals surface area contributed by atoms with Crippen LogP contribution in [0.5, 0.6) is 0 Å². The van der Waals surface area contributed by atoms with Crippen LogP contribution in [0.25, 0.3) is 22.3 Å². The Morgan fingerprint density at radius 3 is 1.36 bits per heavy atom. The topological polar surface area (TPSA) is 311 Å². The van der Waals surface area contributed by atoms with Crippen LogP contribution < -0.4 is 20.4 Å².